The number of carboxylic acid groups (broad SMARTS) is 1. The summed E-state index contributed by atoms with van der Waals surface area (Å²) in [5.74, 6) is -6.96. The van der Waals surface area contributed by atoms with Gasteiger partial charge in [0.25, 0.3) is 11.8 Å². The molecule has 4 aromatic carbocycles. The number of anilines is 1. The van der Waals surface area contributed by atoms with Crippen molar-refractivity contribution >= 4 is 93.9 Å². The maximum absolute atomic E-state index is 14.4. The Kier molecular flexibility index (Phi) is 38.5. The highest BCUT2D eigenvalue weighted by atomic mass is 32.2. The molecular weight excluding hydrogens is 1630 g/mol. The predicted molar refractivity (Wildman–Crippen MR) is 458 cm³/mol. The number of rotatable bonds is 44. The lowest BCUT2D eigenvalue weighted by atomic mass is 9.79. The lowest BCUT2D eigenvalue weighted by Crippen LogP contribution is -2.58. The number of benzene rings is 4. The molecule has 8 amide bonds. The third kappa shape index (κ3) is 27.8. The maximum atomic E-state index is 14.4. The van der Waals surface area contributed by atoms with Crippen LogP contribution < -0.4 is 64.2 Å². The molecule has 23 N–H and O–H groups in total. The van der Waals surface area contributed by atoms with E-state index in [-0.39, 0.29) is 74.6 Å². The second-order valence-electron chi connectivity index (χ2n) is 32.2. The summed E-state index contributed by atoms with van der Waals surface area (Å²) in [4.78, 5) is 129. The number of fused-ring (bicyclic) bond motifs is 2. The largest absolute Gasteiger partial charge is 0.691 e. The molecule has 36 nitrogen and oxygen atoms in total. The summed E-state index contributed by atoms with van der Waals surface area (Å²) in [6.45, 7) is 5.97. The molecule has 124 heavy (non-hydrogen) atoms. The van der Waals surface area contributed by atoms with Gasteiger partial charge in [0.2, 0.25) is 41.1 Å². The van der Waals surface area contributed by atoms with Crippen LogP contribution in [0.5, 0.6) is 0 Å². The monoisotopic (exact) mass is 1750 g/mol. The first kappa shape index (κ1) is 99.1. The van der Waals surface area contributed by atoms with E-state index >= 15 is 0 Å². The summed E-state index contributed by atoms with van der Waals surface area (Å²) in [5, 5.41) is 146. The molecule has 8 rings (SSSR count). The number of carbonyl (C=O) groups is 9. The van der Waals surface area contributed by atoms with Crippen LogP contribution in [0.3, 0.4) is 0 Å². The van der Waals surface area contributed by atoms with Gasteiger partial charge < -0.3 is 120 Å². The zero-order valence-electron chi connectivity index (χ0n) is 70.1. The minimum Gasteiger partial charge on any atom is -0.691 e. The Bertz CT molecular complexity index is 4520. The zero-order valence-corrected chi connectivity index (χ0v) is 70.9. The molecule has 3 aliphatic heterocycles. The second kappa shape index (κ2) is 48.2. The van der Waals surface area contributed by atoms with E-state index in [0.29, 0.717) is 75.8 Å². The van der Waals surface area contributed by atoms with E-state index in [4.69, 9.17) is 11.5 Å². The topological polar surface area (TPSA) is 585 Å². The molecule has 1 fully saturated rings. The van der Waals surface area contributed by atoms with E-state index < -0.39 is 170 Å². The van der Waals surface area contributed by atoms with Gasteiger partial charge in [-0.3, -0.25) is 53.2 Å². The number of carbonyl (C=O) groups excluding carboxylic acids is 8. The fraction of sp³-hybridized carbons (Fsp3) is 0.506. The van der Waals surface area contributed by atoms with Crippen LogP contribution in [-0.4, -0.2) is 263 Å². The van der Waals surface area contributed by atoms with Gasteiger partial charge in [-0.2, -0.15) is 8.91 Å². The summed E-state index contributed by atoms with van der Waals surface area (Å²) < 4.78 is 6.73. The van der Waals surface area contributed by atoms with Gasteiger partial charge in [0.1, 0.15) is 67.3 Å². The predicted octanol–water partition coefficient (Wildman–Crippen LogP) is -0.465. The average Bonchev–Trinajstić information content (AvgIpc) is 1.59. The standard InChI is InChI=1S/C87H119N13O23S/c1-86(2)57-43-55(79(115)92-46-65(103)75(111)77(113)67(105)49-101)29-33-63(57)99(39-15-7-12-28-71(107)90-37-14-13-26-60-82(118)96-59(27-19-38-91-85(88)89)81(117)94-48-72(108)95-62(45-73(109)110)84(120)98-61(83(119)97-60)42-51-20-8-5-9-21-51)69(86)35-31-53-24-18-25-54(74(53)52-22-10-6-11-23-52)32-36-70-87(3,4)58-44-56(30-34-64(58)100(70)40-16-17-41-124-123-122-121)80(116)93-47-66(104)76(112)78(114)68(106)50-102/h5-6,8-11,20-23,29-36,43-44,59-62,65-68,75-78,101-106,111-114H,7,12-19,24-28,37-42,45-50H2,1-4H3,(H13-,88,89,90,91,92,93,94,95,96,97,98,107,108,109,110,115,116,117,118,119,120,121)/t59-,60?,61+,62-,65?,66?,67?,68?,75?,76?,77?,78?/m0/s1. The Morgan fingerprint density at radius 2 is 1.23 bits per heavy atom. The van der Waals surface area contributed by atoms with Crippen LogP contribution in [0, 0.1) is 0 Å². The highest BCUT2D eigenvalue weighted by Crippen LogP contribution is 2.49. The van der Waals surface area contributed by atoms with Crippen molar-refractivity contribution in [3.8, 4) is 0 Å². The SMILES string of the molecule is CC1(C)C(/C=C/C2=C(c3ccccc3)C(=C/C=C3/N(CCCCSOO[O-])c4ccc(C(=O)NCC(O)C(O)C(O)C(O)CO)cc4C3(C)C)/CCC2)=[N+](CCCCCC(=O)NCCCCC2NC(=O)[C@@H](Cc3ccccc3)NC(=O)[C@H](CC(=O)O)NC(=O)CNC(=O)[C@H](CCCN=C(N)N)NC2=O)c2ccc(C(=O)NCC(O)C(O)C(O)C(O)CO)cc21. The van der Waals surface area contributed by atoms with Gasteiger partial charge in [0.05, 0.1) is 43.8 Å². The average molecular weight is 1750 g/mol. The second-order valence-corrected chi connectivity index (χ2v) is 33.0. The molecular formula is C87H119N13O23S. The number of hydrogen-bond acceptors (Lipinski definition) is 25. The number of allylic oxidation sites excluding steroid dienone is 8. The normalized spacial score (nSPS) is 20.7. The van der Waals surface area contributed by atoms with Gasteiger partial charge in [0.15, 0.2) is 11.7 Å². The first-order valence-electron chi connectivity index (χ1n) is 41.7. The van der Waals surface area contributed by atoms with E-state index in [1.165, 1.54) is 0 Å². The van der Waals surface area contributed by atoms with E-state index in [1.54, 1.807) is 54.6 Å². The number of nitrogens with one attached hydrogen (secondary N) is 8. The Morgan fingerprint density at radius 1 is 0.637 bits per heavy atom. The number of nitrogens with two attached hydrogens (primary N) is 2. The molecule has 12 atom stereocenters. The van der Waals surface area contributed by atoms with Gasteiger partial charge >= 0.3 is 5.97 Å². The van der Waals surface area contributed by atoms with Crippen LogP contribution in [0.4, 0.5) is 11.4 Å². The molecule has 0 saturated carbocycles. The number of unbranched alkanes of at least 4 members (excludes halogenated alkanes) is 4. The molecule has 0 radical (unpaired) electrons. The van der Waals surface area contributed by atoms with Crippen molar-refractivity contribution in [3.63, 3.8) is 0 Å². The van der Waals surface area contributed by atoms with Gasteiger partial charge in [-0.1, -0.05) is 86.7 Å². The van der Waals surface area contributed by atoms with Crippen LogP contribution in [0.1, 0.15) is 167 Å². The maximum Gasteiger partial charge on any atom is 0.305 e. The number of aliphatic imine (C=N–C) groups is 1. The number of aliphatic hydroxyl groups is 10. The van der Waals surface area contributed by atoms with Gasteiger partial charge in [-0.15, -0.1) is 0 Å². The van der Waals surface area contributed by atoms with Crippen molar-refractivity contribution in [1.82, 2.24) is 42.5 Å². The number of aliphatic carboxylic acids is 1. The lowest BCUT2D eigenvalue weighted by molar-refractivity contribution is -0.777. The fourth-order valence-electron chi connectivity index (χ4n) is 15.5. The van der Waals surface area contributed by atoms with Crippen LogP contribution in [0.2, 0.25) is 0 Å². The zero-order chi connectivity index (χ0) is 90.4. The molecule has 37 heteroatoms. The van der Waals surface area contributed by atoms with Crippen molar-refractivity contribution in [3.05, 3.63) is 172 Å². The van der Waals surface area contributed by atoms with Crippen LogP contribution in [-0.2, 0) is 60.2 Å². The Morgan fingerprint density at radius 3 is 1.85 bits per heavy atom. The third-order valence-corrected chi connectivity index (χ3v) is 23.0. The summed E-state index contributed by atoms with van der Waals surface area (Å²) in [5.41, 5.74) is 19.7. The van der Waals surface area contributed by atoms with Crippen molar-refractivity contribution in [2.75, 3.05) is 69.7 Å². The van der Waals surface area contributed by atoms with Gasteiger partial charge in [0, 0.05) is 115 Å². The smallest absolute Gasteiger partial charge is 0.305 e. The lowest BCUT2D eigenvalue weighted by Gasteiger charge is -2.28. The van der Waals surface area contributed by atoms with Crippen LogP contribution in [0.25, 0.3) is 5.57 Å². The van der Waals surface area contributed by atoms with E-state index in [0.717, 1.165) is 74.7 Å². The minimum absolute atomic E-state index is 0.0152. The highest BCUT2D eigenvalue weighted by molar-refractivity contribution is 7.94. The first-order chi connectivity index (χ1) is 59.2. The van der Waals surface area contributed by atoms with Crippen molar-refractivity contribution in [1.29, 1.82) is 0 Å². The van der Waals surface area contributed by atoms with Crippen molar-refractivity contribution in [2.45, 2.75) is 214 Å². The first-order valence-corrected chi connectivity index (χ1v) is 42.6. The highest BCUT2D eigenvalue weighted by Gasteiger charge is 2.46. The van der Waals surface area contributed by atoms with Crippen LogP contribution in [0.15, 0.2) is 143 Å². The number of aliphatic hydroxyl groups excluding tert-OH is 10. The number of nitrogens with zero attached hydrogens (tertiary/aromatic N) is 3. The Balaban J connectivity index is 1.03. The number of guanidine groups is 1. The Hall–Kier alpha value is -10.4. The summed E-state index contributed by atoms with van der Waals surface area (Å²) in [7, 11) is 0. The molecule has 0 bridgehead atoms. The molecule has 676 valence electrons. The minimum atomic E-state index is -1.91. The van der Waals surface area contributed by atoms with Gasteiger partial charge in [-0.25, -0.2) is 0 Å². The van der Waals surface area contributed by atoms with E-state index in [9.17, 15) is 105 Å². The van der Waals surface area contributed by atoms with Gasteiger partial charge in [-0.05, 0) is 161 Å². The summed E-state index contributed by atoms with van der Waals surface area (Å²) >= 11 is 0.892. The molecule has 9 unspecified atom stereocenters. The van der Waals surface area contributed by atoms with Crippen LogP contribution >= 0.6 is 12.0 Å². The summed E-state index contributed by atoms with van der Waals surface area (Å²) in [6, 6.07) is 23.4. The quantitative estimate of drug-likeness (QED) is 0.00506. The number of carboxylic acids is 1. The fourth-order valence-corrected chi connectivity index (χ4v) is 15.9. The molecule has 0 aromatic heterocycles. The number of amides is 8. The molecule has 3 heterocycles. The molecule has 4 aliphatic rings. The van der Waals surface area contributed by atoms with E-state index in [2.05, 4.69) is 117 Å². The molecule has 0 spiro atoms. The molecule has 1 aliphatic carbocycles. The third-order valence-electron chi connectivity index (χ3n) is 22.4. The Labute approximate surface area is 723 Å². The molecule has 1 saturated heterocycles. The molecule has 4 aromatic rings. The van der Waals surface area contributed by atoms with Crippen molar-refractivity contribution in [2.24, 2.45) is 16.5 Å². The summed E-state index contributed by atoms with van der Waals surface area (Å²) in [6.07, 6.45) is -0.978. The van der Waals surface area contributed by atoms with Crippen molar-refractivity contribution < 1.29 is 119 Å². The number of hydrogen-bond donors (Lipinski definition) is 21. The van der Waals surface area contributed by atoms with E-state index in [1.807, 2.05) is 44.2 Å².